The molecule has 0 aromatic carbocycles. The third-order valence-corrected chi connectivity index (χ3v) is 4.95. The second-order valence-corrected chi connectivity index (χ2v) is 6.84. The second kappa shape index (κ2) is 5.63. The Morgan fingerprint density at radius 1 is 1.69 bits per heavy atom. The standard InChI is InChI=1S/C12H18BrNOS/c1-2-8(7-15)14-10-4-3-5-11-9(10)6-12(13)16-11/h6,8,10,14-15H,2-5,7H2,1H3. The van der Waals surface area contributed by atoms with Crippen LogP contribution in [0.5, 0.6) is 0 Å². The maximum atomic E-state index is 9.24. The fourth-order valence-electron chi connectivity index (χ4n) is 2.28. The van der Waals surface area contributed by atoms with Crippen LogP contribution < -0.4 is 5.32 Å². The SMILES string of the molecule is CCC(CO)NC1CCCc2sc(Br)cc21. The van der Waals surface area contributed by atoms with Gasteiger partial charge in [0.25, 0.3) is 0 Å². The highest BCUT2D eigenvalue weighted by Gasteiger charge is 2.23. The first-order valence-corrected chi connectivity index (χ1v) is 7.50. The van der Waals surface area contributed by atoms with Crippen LogP contribution in [0.25, 0.3) is 0 Å². The summed E-state index contributed by atoms with van der Waals surface area (Å²) in [7, 11) is 0. The van der Waals surface area contributed by atoms with Crippen molar-refractivity contribution >= 4 is 27.3 Å². The lowest BCUT2D eigenvalue weighted by atomic mass is 9.93. The van der Waals surface area contributed by atoms with Crippen LogP contribution >= 0.6 is 27.3 Å². The van der Waals surface area contributed by atoms with Gasteiger partial charge in [-0.05, 0) is 53.2 Å². The highest BCUT2D eigenvalue weighted by molar-refractivity contribution is 9.11. The maximum absolute atomic E-state index is 9.24. The highest BCUT2D eigenvalue weighted by Crippen LogP contribution is 2.38. The van der Waals surface area contributed by atoms with Gasteiger partial charge < -0.3 is 10.4 Å². The Morgan fingerprint density at radius 2 is 2.50 bits per heavy atom. The van der Waals surface area contributed by atoms with Crippen molar-refractivity contribution in [3.8, 4) is 0 Å². The Balaban J connectivity index is 2.12. The van der Waals surface area contributed by atoms with Gasteiger partial charge in [0.05, 0.1) is 10.4 Å². The maximum Gasteiger partial charge on any atom is 0.0704 e. The first-order valence-electron chi connectivity index (χ1n) is 5.89. The lowest BCUT2D eigenvalue weighted by molar-refractivity contribution is 0.223. The summed E-state index contributed by atoms with van der Waals surface area (Å²) in [6.07, 6.45) is 4.62. The number of nitrogens with one attached hydrogen (secondary N) is 1. The fourth-order valence-corrected chi connectivity index (χ4v) is 4.10. The Hall–Kier alpha value is 0.100. The molecule has 1 aromatic rings. The predicted octanol–water partition coefficient (Wildman–Crippen LogP) is 3.25. The average molecular weight is 304 g/mol. The highest BCUT2D eigenvalue weighted by atomic mass is 79.9. The summed E-state index contributed by atoms with van der Waals surface area (Å²) in [6, 6.07) is 2.90. The van der Waals surface area contributed by atoms with Crippen molar-refractivity contribution in [3.63, 3.8) is 0 Å². The Morgan fingerprint density at radius 3 is 3.19 bits per heavy atom. The van der Waals surface area contributed by atoms with Gasteiger partial charge in [-0.2, -0.15) is 0 Å². The third-order valence-electron chi connectivity index (χ3n) is 3.23. The van der Waals surface area contributed by atoms with Crippen molar-refractivity contribution in [1.29, 1.82) is 0 Å². The zero-order valence-electron chi connectivity index (χ0n) is 9.50. The van der Waals surface area contributed by atoms with E-state index in [1.165, 1.54) is 33.5 Å². The number of halogens is 1. The first kappa shape index (κ1) is 12.6. The van der Waals surface area contributed by atoms with Crippen LogP contribution in [0.15, 0.2) is 9.85 Å². The van der Waals surface area contributed by atoms with Gasteiger partial charge in [0, 0.05) is 17.0 Å². The molecule has 1 aliphatic rings. The molecule has 4 heteroatoms. The van der Waals surface area contributed by atoms with Crippen molar-refractivity contribution in [3.05, 3.63) is 20.3 Å². The number of aliphatic hydroxyl groups is 1. The van der Waals surface area contributed by atoms with E-state index < -0.39 is 0 Å². The quantitative estimate of drug-likeness (QED) is 0.895. The van der Waals surface area contributed by atoms with Crippen LogP contribution in [-0.2, 0) is 6.42 Å². The molecule has 0 amide bonds. The van der Waals surface area contributed by atoms with Crippen LogP contribution in [-0.4, -0.2) is 17.8 Å². The van der Waals surface area contributed by atoms with Crippen LogP contribution in [0.1, 0.15) is 42.7 Å². The van der Waals surface area contributed by atoms with E-state index in [9.17, 15) is 5.11 Å². The molecule has 2 unspecified atom stereocenters. The number of aryl methyl sites for hydroxylation is 1. The van der Waals surface area contributed by atoms with Crippen molar-refractivity contribution < 1.29 is 5.11 Å². The van der Waals surface area contributed by atoms with Crippen molar-refractivity contribution in [2.45, 2.75) is 44.7 Å². The van der Waals surface area contributed by atoms with Gasteiger partial charge in [-0.1, -0.05) is 6.92 Å². The van der Waals surface area contributed by atoms with Crippen molar-refractivity contribution in [2.24, 2.45) is 0 Å². The van der Waals surface area contributed by atoms with Gasteiger partial charge in [-0.3, -0.25) is 0 Å². The lowest BCUT2D eigenvalue weighted by Crippen LogP contribution is -2.36. The average Bonchev–Trinajstić information content (AvgIpc) is 2.67. The molecule has 1 heterocycles. The first-order chi connectivity index (χ1) is 7.74. The van der Waals surface area contributed by atoms with Gasteiger partial charge in [0.1, 0.15) is 0 Å². The second-order valence-electron chi connectivity index (χ2n) is 4.33. The number of fused-ring (bicyclic) bond motifs is 1. The molecule has 0 bridgehead atoms. The van der Waals surface area contributed by atoms with E-state index in [2.05, 4.69) is 34.2 Å². The predicted molar refractivity (Wildman–Crippen MR) is 72.0 cm³/mol. The molecule has 1 aromatic heterocycles. The van der Waals surface area contributed by atoms with E-state index in [1.807, 2.05) is 11.3 Å². The summed E-state index contributed by atoms with van der Waals surface area (Å²) in [5, 5.41) is 12.8. The van der Waals surface area contributed by atoms with Crippen LogP contribution in [0.4, 0.5) is 0 Å². The summed E-state index contributed by atoms with van der Waals surface area (Å²) >= 11 is 5.41. The normalized spacial score (nSPS) is 21.8. The minimum absolute atomic E-state index is 0.230. The molecule has 90 valence electrons. The Labute approximate surface area is 109 Å². The molecule has 0 saturated carbocycles. The monoisotopic (exact) mass is 303 g/mol. The molecular weight excluding hydrogens is 286 g/mol. The molecular formula is C12H18BrNOS. The minimum atomic E-state index is 0.230. The molecule has 0 radical (unpaired) electrons. The summed E-state index contributed by atoms with van der Waals surface area (Å²) in [4.78, 5) is 1.50. The van der Waals surface area contributed by atoms with E-state index in [0.29, 0.717) is 6.04 Å². The molecule has 2 N–H and O–H groups in total. The number of aliphatic hydroxyl groups excluding tert-OH is 1. The fraction of sp³-hybridized carbons (Fsp3) is 0.667. The lowest BCUT2D eigenvalue weighted by Gasteiger charge is -2.27. The largest absolute Gasteiger partial charge is 0.395 e. The summed E-state index contributed by atoms with van der Waals surface area (Å²) in [6.45, 7) is 2.34. The zero-order chi connectivity index (χ0) is 11.5. The van der Waals surface area contributed by atoms with Crippen LogP contribution in [0.2, 0.25) is 0 Å². The number of thiophene rings is 1. The molecule has 0 spiro atoms. The summed E-state index contributed by atoms with van der Waals surface area (Å²) in [5.74, 6) is 0. The van der Waals surface area contributed by atoms with Gasteiger partial charge in [-0.15, -0.1) is 11.3 Å². The van der Waals surface area contributed by atoms with Crippen LogP contribution in [0, 0.1) is 0 Å². The van der Waals surface area contributed by atoms with Gasteiger partial charge >= 0.3 is 0 Å². The van der Waals surface area contributed by atoms with E-state index in [1.54, 1.807) is 0 Å². The van der Waals surface area contributed by atoms with Crippen molar-refractivity contribution in [2.75, 3.05) is 6.61 Å². The van der Waals surface area contributed by atoms with Gasteiger partial charge in [-0.25, -0.2) is 0 Å². The Bertz CT molecular complexity index is 349. The van der Waals surface area contributed by atoms with E-state index in [0.717, 1.165) is 6.42 Å². The Kier molecular flexibility index (Phi) is 4.41. The zero-order valence-corrected chi connectivity index (χ0v) is 11.9. The summed E-state index contributed by atoms with van der Waals surface area (Å²) in [5.41, 5.74) is 1.44. The summed E-state index contributed by atoms with van der Waals surface area (Å²) < 4.78 is 1.23. The number of rotatable bonds is 4. The van der Waals surface area contributed by atoms with Gasteiger partial charge in [0.2, 0.25) is 0 Å². The molecule has 16 heavy (non-hydrogen) atoms. The molecule has 2 atom stereocenters. The molecule has 2 rings (SSSR count). The van der Waals surface area contributed by atoms with E-state index in [-0.39, 0.29) is 12.6 Å². The van der Waals surface area contributed by atoms with Gasteiger partial charge in [0.15, 0.2) is 0 Å². The number of hydrogen-bond donors (Lipinski definition) is 2. The smallest absolute Gasteiger partial charge is 0.0704 e. The number of hydrogen-bond acceptors (Lipinski definition) is 3. The van der Waals surface area contributed by atoms with Crippen LogP contribution in [0.3, 0.4) is 0 Å². The van der Waals surface area contributed by atoms with Crippen molar-refractivity contribution in [1.82, 2.24) is 5.32 Å². The molecule has 1 aliphatic carbocycles. The molecule has 0 aliphatic heterocycles. The molecule has 0 fully saturated rings. The third kappa shape index (κ3) is 2.67. The molecule has 0 saturated heterocycles. The topological polar surface area (TPSA) is 32.3 Å². The van der Waals surface area contributed by atoms with E-state index >= 15 is 0 Å². The molecule has 2 nitrogen and oxygen atoms in total. The van der Waals surface area contributed by atoms with E-state index in [4.69, 9.17) is 0 Å². The minimum Gasteiger partial charge on any atom is -0.395 e.